The molecule has 8 nitrogen and oxygen atoms in total. The fourth-order valence-corrected chi connectivity index (χ4v) is 11.6. The van der Waals surface area contributed by atoms with Gasteiger partial charge in [0.15, 0.2) is 21.8 Å². The third-order valence-electron chi connectivity index (χ3n) is 12.1. The number of aliphatic hydroxyl groups excluding tert-OH is 1. The van der Waals surface area contributed by atoms with E-state index < -0.39 is 38.1 Å². The third kappa shape index (κ3) is 12.1. The number of carbonyl (C=O) groups excluding carboxylic acids is 1. The van der Waals surface area contributed by atoms with Gasteiger partial charge in [0.1, 0.15) is 0 Å². The number of hydrogen-bond donors (Lipinski definition) is 3. The summed E-state index contributed by atoms with van der Waals surface area (Å²) >= 11 is 7.69. The summed E-state index contributed by atoms with van der Waals surface area (Å²) in [6.45, 7) is 5.08. The number of nitrogens with one attached hydrogen (secondary N) is 2. The van der Waals surface area contributed by atoms with E-state index in [9.17, 15) is 31.5 Å². The Morgan fingerprint density at radius 1 is 0.921 bits per heavy atom. The lowest BCUT2D eigenvalue weighted by molar-refractivity contribution is -0.0384. The lowest BCUT2D eigenvalue weighted by Gasteiger charge is -2.38. The van der Waals surface area contributed by atoms with Crippen molar-refractivity contribution in [2.24, 2.45) is 5.92 Å². The fourth-order valence-electron chi connectivity index (χ4n) is 8.78. The number of hydrogen-bond acceptors (Lipinski definition) is 8. The molecule has 0 aliphatic carbocycles. The first-order valence-corrected chi connectivity index (χ1v) is 24.8. The quantitative estimate of drug-likeness (QED) is 0.0793. The van der Waals surface area contributed by atoms with Crippen molar-refractivity contribution in [3.8, 4) is 11.1 Å². The first-order valence-electron chi connectivity index (χ1n) is 21.1. The van der Waals surface area contributed by atoms with Crippen LogP contribution in [0.2, 0.25) is 5.02 Å². The predicted octanol–water partition coefficient (Wildman–Crippen LogP) is 10.4. The van der Waals surface area contributed by atoms with Crippen LogP contribution >= 0.6 is 23.4 Å². The lowest BCUT2D eigenvalue weighted by Crippen LogP contribution is -2.46. The van der Waals surface area contributed by atoms with Gasteiger partial charge in [-0.2, -0.15) is 13.2 Å². The minimum Gasteiger partial charge on any atom is -0.395 e. The summed E-state index contributed by atoms with van der Waals surface area (Å²) in [4.78, 5) is 18.1. The van der Waals surface area contributed by atoms with Crippen molar-refractivity contribution in [2.75, 3.05) is 48.8 Å². The number of carbonyl (C=O) groups is 1. The van der Waals surface area contributed by atoms with Crippen LogP contribution in [0.15, 0.2) is 136 Å². The second-order valence-corrected chi connectivity index (χ2v) is 20.6. The average molecular weight is 938 g/mol. The number of aliphatic hydroxyl groups is 1. The van der Waals surface area contributed by atoms with Gasteiger partial charge in [-0.05, 0) is 141 Å². The summed E-state index contributed by atoms with van der Waals surface area (Å²) in [7, 11) is -5.73. The van der Waals surface area contributed by atoms with Gasteiger partial charge in [-0.25, -0.2) is 8.42 Å². The second kappa shape index (κ2) is 21.2. The molecular formula is C48H52ClF3N4O4S3. The molecule has 4 atom stereocenters. The zero-order chi connectivity index (χ0) is 44.6. The van der Waals surface area contributed by atoms with E-state index in [0.29, 0.717) is 29.7 Å². The van der Waals surface area contributed by atoms with Gasteiger partial charge in [-0.15, -0.1) is 11.8 Å². The zero-order valence-corrected chi connectivity index (χ0v) is 38.2. The van der Waals surface area contributed by atoms with E-state index in [2.05, 4.69) is 63.2 Å². The normalized spacial score (nSPS) is 18.8. The first kappa shape index (κ1) is 46.8. The second-order valence-electron chi connectivity index (χ2n) is 16.4. The number of β-amino-alcohol motifs (C(OH)–C–C–N with tert-alkyl or cyclic N) is 1. The van der Waals surface area contributed by atoms with E-state index in [4.69, 9.17) is 11.6 Å². The molecule has 2 fully saturated rings. The van der Waals surface area contributed by atoms with Crippen molar-refractivity contribution in [2.45, 2.75) is 77.2 Å². The van der Waals surface area contributed by atoms with Crippen LogP contribution < -0.4 is 14.9 Å². The van der Waals surface area contributed by atoms with E-state index in [1.54, 1.807) is 23.9 Å². The summed E-state index contributed by atoms with van der Waals surface area (Å²) in [5.74, 6) is 0.345. The number of likely N-dealkylation sites (tertiary alicyclic amines) is 1. The van der Waals surface area contributed by atoms with Gasteiger partial charge in [0, 0.05) is 58.1 Å². The molecule has 2 aliphatic heterocycles. The highest BCUT2D eigenvalue weighted by Crippen LogP contribution is 2.38. The Kier molecular flexibility index (Phi) is 15.8. The predicted molar refractivity (Wildman–Crippen MR) is 250 cm³/mol. The van der Waals surface area contributed by atoms with Crippen LogP contribution in [0.3, 0.4) is 0 Å². The molecule has 3 N–H and O–H groups in total. The first-order chi connectivity index (χ1) is 30.3. The molecule has 1 amide bonds. The highest BCUT2D eigenvalue weighted by Gasteiger charge is 2.41. The largest absolute Gasteiger partial charge is 0.475 e. The minimum atomic E-state index is -5.09. The van der Waals surface area contributed by atoms with Gasteiger partial charge in [0.25, 0.3) is 5.91 Å². The van der Waals surface area contributed by atoms with Crippen LogP contribution in [0.5, 0.6) is 0 Å². The molecule has 5 aromatic carbocycles. The summed E-state index contributed by atoms with van der Waals surface area (Å²) in [6.07, 6.45) is 5.30. The SMILES string of the molecule is CC1(CC(CSc2ccccc2)Nc2ccc(S(=O)NC(=O)c3ccc(N4CCC(Cc5ccccc5-c5ccc(Cl)cc5)CC4)cc3)cc2S(=O)C(F)(F)F)CCCN1CCO. The van der Waals surface area contributed by atoms with Crippen LogP contribution in [0.1, 0.15) is 54.9 Å². The third-order valence-corrected chi connectivity index (χ3v) is 15.7. The van der Waals surface area contributed by atoms with E-state index in [1.807, 2.05) is 54.6 Å². The van der Waals surface area contributed by atoms with Crippen LogP contribution in [-0.2, 0) is 28.2 Å². The molecule has 334 valence electrons. The number of halogens is 4. The minimum absolute atomic E-state index is 0.00841. The highest BCUT2D eigenvalue weighted by atomic mass is 35.5. The van der Waals surface area contributed by atoms with Crippen molar-refractivity contribution >= 4 is 62.4 Å². The number of nitrogens with zero attached hydrogens (tertiary/aromatic N) is 2. The molecule has 63 heavy (non-hydrogen) atoms. The fraction of sp³-hybridized carbons (Fsp3) is 0.354. The molecule has 0 saturated carbocycles. The van der Waals surface area contributed by atoms with Gasteiger partial charge in [0.2, 0.25) is 0 Å². The number of anilines is 2. The number of rotatable bonds is 17. The molecule has 15 heteroatoms. The molecule has 2 saturated heterocycles. The van der Waals surface area contributed by atoms with E-state index in [1.165, 1.54) is 23.3 Å². The summed E-state index contributed by atoms with van der Waals surface area (Å²) in [5, 5.41) is 13.7. The van der Waals surface area contributed by atoms with Gasteiger partial charge in [0.05, 0.1) is 22.1 Å². The van der Waals surface area contributed by atoms with Gasteiger partial charge in [-0.1, -0.05) is 66.2 Å². The van der Waals surface area contributed by atoms with Gasteiger partial charge < -0.3 is 15.3 Å². The van der Waals surface area contributed by atoms with E-state index in [0.717, 1.165) is 74.0 Å². The van der Waals surface area contributed by atoms with Crippen molar-refractivity contribution in [1.82, 2.24) is 9.62 Å². The van der Waals surface area contributed by atoms with Crippen molar-refractivity contribution in [3.63, 3.8) is 0 Å². The van der Waals surface area contributed by atoms with Crippen molar-refractivity contribution < 1.29 is 31.5 Å². The molecule has 4 unspecified atom stereocenters. The summed E-state index contributed by atoms with van der Waals surface area (Å²) in [6, 6.07) is 36.4. The monoisotopic (exact) mass is 936 g/mol. The standard InChI is InChI=1S/C48H52ClF3N4O4S3/c1-47(24-7-25-56(47)28-29-57)32-39(33-61-41-9-3-2-4-10-41)53-44-21-20-42(31-45(44)62(59)48(50,51)52)63(60)54-46(58)36-14-18-40(19-15-36)55-26-22-34(23-27-55)30-37-8-5-6-11-43(37)35-12-16-38(49)17-13-35/h2-6,8-21,31,34,39,53,57H,7,22-30,32-33H2,1H3,(H,54,58). The number of piperidine rings is 1. The van der Waals surface area contributed by atoms with Gasteiger partial charge in [-0.3, -0.25) is 14.4 Å². The molecule has 2 aliphatic rings. The number of amides is 1. The topological polar surface area (TPSA) is 102 Å². The smallest absolute Gasteiger partial charge is 0.395 e. The molecular weight excluding hydrogens is 885 g/mol. The molecule has 5 aromatic rings. The Morgan fingerprint density at radius 2 is 1.62 bits per heavy atom. The van der Waals surface area contributed by atoms with Crippen LogP contribution in [0.4, 0.5) is 24.5 Å². The molecule has 2 heterocycles. The maximum absolute atomic E-state index is 14.2. The Balaban J connectivity index is 1.000. The average Bonchev–Trinajstić information content (AvgIpc) is 3.65. The Bertz CT molecular complexity index is 2370. The summed E-state index contributed by atoms with van der Waals surface area (Å²) in [5.41, 5.74) is -0.546. The van der Waals surface area contributed by atoms with E-state index >= 15 is 0 Å². The van der Waals surface area contributed by atoms with Gasteiger partial charge >= 0.3 is 5.51 Å². The Labute approximate surface area is 382 Å². The van der Waals surface area contributed by atoms with Crippen molar-refractivity contribution in [3.05, 3.63) is 137 Å². The highest BCUT2D eigenvalue weighted by molar-refractivity contribution is 7.99. The number of thioether (sulfide) groups is 1. The molecule has 0 spiro atoms. The molecule has 0 aromatic heterocycles. The van der Waals surface area contributed by atoms with Crippen LogP contribution in [0.25, 0.3) is 11.1 Å². The zero-order valence-electron chi connectivity index (χ0n) is 35.0. The maximum Gasteiger partial charge on any atom is 0.475 e. The van der Waals surface area contributed by atoms with Crippen LogP contribution in [0, 0.1) is 5.92 Å². The number of alkyl halides is 3. The Morgan fingerprint density at radius 3 is 2.32 bits per heavy atom. The van der Waals surface area contributed by atoms with E-state index in [-0.39, 0.29) is 34.3 Å². The maximum atomic E-state index is 14.2. The summed E-state index contributed by atoms with van der Waals surface area (Å²) < 4.78 is 71.5. The molecule has 0 bridgehead atoms. The Hall–Kier alpha value is -4.18. The van der Waals surface area contributed by atoms with Crippen LogP contribution in [-0.4, -0.2) is 80.0 Å². The molecule has 0 radical (unpaired) electrons. The lowest BCUT2D eigenvalue weighted by atomic mass is 9.87. The number of benzene rings is 5. The van der Waals surface area contributed by atoms with Crippen molar-refractivity contribution in [1.29, 1.82) is 0 Å². The molecule has 7 rings (SSSR count).